The third-order valence-electron chi connectivity index (χ3n) is 3.09. The van der Waals surface area contributed by atoms with Gasteiger partial charge >= 0.3 is 0 Å². The van der Waals surface area contributed by atoms with Gasteiger partial charge in [0.15, 0.2) is 0 Å². The molecule has 0 bridgehead atoms. The third kappa shape index (κ3) is 5.74. The highest BCUT2D eigenvalue weighted by atomic mass is 32.2. The molecule has 0 saturated carbocycles. The molecule has 0 aromatic rings. The van der Waals surface area contributed by atoms with Crippen LogP contribution in [-0.2, 0) is 19.6 Å². The van der Waals surface area contributed by atoms with Crippen LogP contribution in [0.3, 0.4) is 0 Å². The van der Waals surface area contributed by atoms with Crippen molar-refractivity contribution in [3.8, 4) is 0 Å². The summed E-state index contributed by atoms with van der Waals surface area (Å²) in [5.74, 6) is -0.251. The molecular formula is C12H25N3O4S. The molecule has 1 saturated heterocycles. The van der Waals surface area contributed by atoms with Gasteiger partial charge in [-0.3, -0.25) is 4.79 Å². The van der Waals surface area contributed by atoms with Crippen molar-refractivity contribution in [3.63, 3.8) is 0 Å². The summed E-state index contributed by atoms with van der Waals surface area (Å²) in [6, 6.07) is 0. The summed E-state index contributed by atoms with van der Waals surface area (Å²) >= 11 is 0. The minimum absolute atomic E-state index is 0.00186. The highest BCUT2D eigenvalue weighted by Gasteiger charge is 2.24. The number of piperazine rings is 1. The van der Waals surface area contributed by atoms with Gasteiger partial charge in [-0.25, -0.2) is 8.42 Å². The fourth-order valence-electron chi connectivity index (χ4n) is 1.85. The van der Waals surface area contributed by atoms with Crippen molar-refractivity contribution in [1.82, 2.24) is 14.5 Å². The molecule has 1 aliphatic rings. The number of sulfonamides is 1. The number of ether oxygens (including phenoxy) is 1. The van der Waals surface area contributed by atoms with Crippen molar-refractivity contribution in [2.24, 2.45) is 0 Å². The van der Waals surface area contributed by atoms with E-state index in [2.05, 4.69) is 5.32 Å². The molecule has 1 fully saturated rings. The Morgan fingerprint density at radius 1 is 1.35 bits per heavy atom. The van der Waals surface area contributed by atoms with Gasteiger partial charge in [0.25, 0.3) is 0 Å². The topological polar surface area (TPSA) is 79.0 Å². The molecule has 0 spiro atoms. The lowest BCUT2D eigenvalue weighted by Gasteiger charge is -2.29. The SMILES string of the molecule is CC(C)OCCS(=O)(=O)N(C)CC(=O)N1CCNCC1. The number of nitrogens with zero attached hydrogens (tertiary/aromatic N) is 2. The maximum Gasteiger partial charge on any atom is 0.237 e. The summed E-state index contributed by atoms with van der Waals surface area (Å²) in [6.07, 6.45) is -0.00186. The molecule has 0 aromatic carbocycles. The molecule has 1 amide bonds. The molecule has 20 heavy (non-hydrogen) atoms. The van der Waals surface area contributed by atoms with E-state index in [0.717, 1.165) is 17.4 Å². The highest BCUT2D eigenvalue weighted by Crippen LogP contribution is 2.02. The number of hydrogen-bond donors (Lipinski definition) is 1. The first-order valence-corrected chi connectivity index (χ1v) is 8.48. The van der Waals surface area contributed by atoms with E-state index in [1.165, 1.54) is 7.05 Å². The van der Waals surface area contributed by atoms with Gasteiger partial charge in [-0.1, -0.05) is 0 Å². The van der Waals surface area contributed by atoms with Crippen LogP contribution in [0.4, 0.5) is 0 Å². The average Bonchev–Trinajstić information content (AvgIpc) is 2.38. The predicted molar refractivity (Wildman–Crippen MR) is 77.0 cm³/mol. The van der Waals surface area contributed by atoms with Gasteiger partial charge in [-0.15, -0.1) is 0 Å². The molecule has 0 atom stereocenters. The lowest BCUT2D eigenvalue weighted by Crippen LogP contribution is -2.50. The smallest absolute Gasteiger partial charge is 0.237 e. The minimum atomic E-state index is -3.44. The zero-order chi connectivity index (χ0) is 15.2. The monoisotopic (exact) mass is 307 g/mol. The lowest BCUT2D eigenvalue weighted by atomic mass is 10.3. The van der Waals surface area contributed by atoms with Crippen LogP contribution in [0.15, 0.2) is 0 Å². The molecular weight excluding hydrogens is 282 g/mol. The maximum absolute atomic E-state index is 12.0. The zero-order valence-electron chi connectivity index (χ0n) is 12.5. The van der Waals surface area contributed by atoms with Crippen molar-refractivity contribution in [3.05, 3.63) is 0 Å². The van der Waals surface area contributed by atoms with Crippen molar-refractivity contribution < 1.29 is 17.9 Å². The van der Waals surface area contributed by atoms with E-state index >= 15 is 0 Å². The van der Waals surface area contributed by atoms with Crippen LogP contribution < -0.4 is 5.32 Å². The number of nitrogens with one attached hydrogen (secondary N) is 1. The second-order valence-electron chi connectivity index (χ2n) is 5.12. The van der Waals surface area contributed by atoms with Crippen LogP contribution in [0, 0.1) is 0 Å². The Morgan fingerprint density at radius 3 is 2.50 bits per heavy atom. The Labute approximate surface area is 121 Å². The van der Waals surface area contributed by atoms with E-state index in [4.69, 9.17) is 4.74 Å². The molecule has 118 valence electrons. The van der Waals surface area contributed by atoms with E-state index in [0.29, 0.717) is 13.1 Å². The van der Waals surface area contributed by atoms with E-state index in [9.17, 15) is 13.2 Å². The number of rotatable bonds is 7. The second-order valence-corrected chi connectivity index (χ2v) is 7.32. The molecule has 1 N–H and O–H groups in total. The molecule has 1 rings (SSSR count). The Bertz CT molecular complexity index is 405. The molecule has 0 aromatic heterocycles. The zero-order valence-corrected chi connectivity index (χ0v) is 13.3. The summed E-state index contributed by atoms with van der Waals surface area (Å²) in [7, 11) is -2.01. The Morgan fingerprint density at radius 2 is 1.95 bits per heavy atom. The first-order valence-electron chi connectivity index (χ1n) is 6.87. The Hall–Kier alpha value is -0.700. The summed E-state index contributed by atoms with van der Waals surface area (Å²) < 4.78 is 30.3. The minimum Gasteiger partial charge on any atom is -0.378 e. The Kier molecular flexibility index (Phi) is 6.87. The van der Waals surface area contributed by atoms with Gasteiger partial charge in [0, 0.05) is 33.2 Å². The number of carbonyl (C=O) groups excluding carboxylic acids is 1. The maximum atomic E-state index is 12.0. The van der Waals surface area contributed by atoms with Gasteiger partial charge in [-0.2, -0.15) is 4.31 Å². The standard InChI is InChI=1S/C12H25N3O4S/c1-11(2)19-8-9-20(17,18)14(3)10-12(16)15-6-4-13-5-7-15/h11,13H,4-10H2,1-3H3. The molecule has 1 aliphatic heterocycles. The van der Waals surface area contributed by atoms with Crippen molar-refractivity contribution >= 4 is 15.9 Å². The van der Waals surface area contributed by atoms with E-state index in [1.807, 2.05) is 13.8 Å². The number of likely N-dealkylation sites (N-methyl/N-ethyl adjacent to an activating group) is 1. The normalized spacial score (nSPS) is 16.9. The van der Waals surface area contributed by atoms with Gasteiger partial charge < -0.3 is 15.0 Å². The summed E-state index contributed by atoms with van der Waals surface area (Å²) in [4.78, 5) is 13.7. The summed E-state index contributed by atoms with van der Waals surface area (Å²) in [5.41, 5.74) is 0. The van der Waals surface area contributed by atoms with E-state index in [1.54, 1.807) is 4.90 Å². The molecule has 0 radical (unpaired) electrons. The van der Waals surface area contributed by atoms with Crippen LogP contribution in [-0.4, -0.2) is 81.8 Å². The molecule has 8 heteroatoms. The first kappa shape index (κ1) is 17.4. The van der Waals surface area contributed by atoms with Crippen LogP contribution in [0.25, 0.3) is 0 Å². The number of carbonyl (C=O) groups is 1. The molecule has 0 unspecified atom stereocenters. The molecule has 0 aliphatic carbocycles. The molecule has 7 nitrogen and oxygen atoms in total. The van der Waals surface area contributed by atoms with E-state index in [-0.39, 0.29) is 30.9 Å². The molecule has 1 heterocycles. The van der Waals surface area contributed by atoms with Crippen LogP contribution in [0.2, 0.25) is 0 Å². The lowest BCUT2D eigenvalue weighted by molar-refractivity contribution is -0.131. The second kappa shape index (κ2) is 7.92. The summed E-state index contributed by atoms with van der Waals surface area (Å²) in [6.45, 7) is 6.51. The van der Waals surface area contributed by atoms with Gasteiger partial charge in [-0.05, 0) is 13.8 Å². The predicted octanol–water partition coefficient (Wildman–Crippen LogP) is -0.895. The highest BCUT2D eigenvalue weighted by molar-refractivity contribution is 7.89. The fraction of sp³-hybridized carbons (Fsp3) is 0.917. The largest absolute Gasteiger partial charge is 0.378 e. The average molecular weight is 307 g/mol. The third-order valence-corrected chi connectivity index (χ3v) is 4.86. The number of amides is 1. The van der Waals surface area contributed by atoms with Crippen molar-refractivity contribution in [2.45, 2.75) is 20.0 Å². The van der Waals surface area contributed by atoms with Crippen LogP contribution >= 0.6 is 0 Å². The quantitative estimate of drug-likeness (QED) is 0.660. The summed E-state index contributed by atoms with van der Waals surface area (Å²) in [5, 5.41) is 3.15. The van der Waals surface area contributed by atoms with Gasteiger partial charge in [0.2, 0.25) is 15.9 Å². The van der Waals surface area contributed by atoms with Gasteiger partial charge in [0.05, 0.1) is 25.0 Å². The van der Waals surface area contributed by atoms with Gasteiger partial charge in [0.1, 0.15) is 0 Å². The van der Waals surface area contributed by atoms with Crippen molar-refractivity contribution in [1.29, 1.82) is 0 Å². The number of hydrogen-bond acceptors (Lipinski definition) is 5. The first-order chi connectivity index (χ1) is 9.33. The van der Waals surface area contributed by atoms with E-state index < -0.39 is 10.0 Å². The Balaban J connectivity index is 2.43. The fourth-order valence-corrected chi connectivity index (χ4v) is 2.77. The van der Waals surface area contributed by atoms with Crippen LogP contribution in [0.1, 0.15) is 13.8 Å². The van der Waals surface area contributed by atoms with Crippen molar-refractivity contribution in [2.75, 3.05) is 52.1 Å². The van der Waals surface area contributed by atoms with Crippen LogP contribution in [0.5, 0.6) is 0 Å².